The number of hydrogen-bond acceptors (Lipinski definition) is 7. The second kappa shape index (κ2) is 11.4. The number of ether oxygens (including phenoxy) is 2. The van der Waals surface area contributed by atoms with Gasteiger partial charge >= 0.3 is 0 Å². The summed E-state index contributed by atoms with van der Waals surface area (Å²) in [5, 5.41) is 3.18. The van der Waals surface area contributed by atoms with Gasteiger partial charge in [-0.25, -0.2) is 9.97 Å². The van der Waals surface area contributed by atoms with Gasteiger partial charge in [0.2, 0.25) is 0 Å². The van der Waals surface area contributed by atoms with Gasteiger partial charge in [-0.05, 0) is 34.8 Å². The number of benzene rings is 3. The predicted molar refractivity (Wildman–Crippen MR) is 185 cm³/mol. The Morgan fingerprint density at radius 3 is 2.04 bits per heavy atom. The molecule has 3 aromatic carbocycles. The lowest BCUT2D eigenvalue weighted by Gasteiger charge is -2.43. The lowest BCUT2D eigenvalue weighted by molar-refractivity contribution is -0.149. The van der Waals surface area contributed by atoms with Crippen molar-refractivity contribution in [2.24, 2.45) is 0 Å². The van der Waals surface area contributed by atoms with Crippen molar-refractivity contribution in [3.8, 4) is 11.1 Å². The van der Waals surface area contributed by atoms with E-state index in [4.69, 9.17) is 24.6 Å². The average Bonchev–Trinajstić information content (AvgIpc) is 3.67. The van der Waals surface area contributed by atoms with E-state index in [0.29, 0.717) is 12.4 Å². The quantitative estimate of drug-likeness (QED) is 0.207. The fourth-order valence-electron chi connectivity index (χ4n) is 7.12. The van der Waals surface area contributed by atoms with Gasteiger partial charge in [0.05, 0.1) is 10.6 Å². The van der Waals surface area contributed by atoms with Gasteiger partial charge in [0.25, 0.3) is 8.32 Å². The highest BCUT2D eigenvalue weighted by molar-refractivity contribution is 8.00. The van der Waals surface area contributed by atoms with E-state index in [1.54, 1.807) is 6.33 Å². The third-order valence-corrected chi connectivity index (χ3v) is 15.5. The van der Waals surface area contributed by atoms with Crippen molar-refractivity contribution in [1.29, 1.82) is 0 Å². The van der Waals surface area contributed by atoms with Crippen LogP contribution in [0.3, 0.4) is 0 Å². The summed E-state index contributed by atoms with van der Waals surface area (Å²) in [7, 11) is -2.74. The summed E-state index contributed by atoms with van der Waals surface area (Å²) < 4.78 is 22.9. The summed E-state index contributed by atoms with van der Waals surface area (Å²) in [5.74, 6) is -0.253. The molecule has 2 aliphatic heterocycles. The van der Waals surface area contributed by atoms with Crippen LogP contribution in [0.4, 0.5) is 5.82 Å². The van der Waals surface area contributed by atoms with Crippen LogP contribution in [0.2, 0.25) is 5.04 Å². The van der Waals surface area contributed by atoms with Gasteiger partial charge in [0, 0.05) is 18.4 Å². The van der Waals surface area contributed by atoms with Crippen molar-refractivity contribution < 1.29 is 13.9 Å². The van der Waals surface area contributed by atoms with E-state index in [2.05, 4.69) is 109 Å². The van der Waals surface area contributed by atoms with E-state index in [9.17, 15) is 0 Å². The Bertz CT molecular complexity index is 1750. The Morgan fingerprint density at radius 1 is 0.867 bits per heavy atom. The lowest BCUT2D eigenvalue weighted by Crippen LogP contribution is -2.67. The maximum absolute atomic E-state index is 7.42. The first-order chi connectivity index (χ1) is 21.6. The lowest BCUT2D eigenvalue weighted by atomic mass is 10.1. The number of anilines is 1. The first kappa shape index (κ1) is 30.2. The monoisotopic (exact) mass is 636 g/mol. The molecular weight excluding hydrogens is 597 g/mol. The van der Waals surface area contributed by atoms with E-state index < -0.39 is 14.1 Å². The minimum atomic E-state index is -2.74. The van der Waals surface area contributed by atoms with Crippen molar-refractivity contribution in [3.63, 3.8) is 0 Å². The minimum absolute atomic E-state index is 0.0280. The fraction of sp³-hybridized carbons (Fsp3) is 0.333. The molecule has 4 atom stereocenters. The number of thioether (sulfide) groups is 1. The molecule has 0 unspecified atom stereocenters. The Morgan fingerprint density at radius 2 is 1.44 bits per heavy atom. The minimum Gasteiger partial charge on any atom is -0.406 e. The Kier molecular flexibility index (Phi) is 7.65. The number of nitrogens with zero attached hydrogens (tertiary/aromatic N) is 3. The van der Waals surface area contributed by atoms with Crippen molar-refractivity contribution >= 4 is 47.3 Å². The van der Waals surface area contributed by atoms with Crippen molar-refractivity contribution in [1.82, 2.24) is 14.5 Å². The van der Waals surface area contributed by atoms with Crippen LogP contribution in [-0.2, 0) is 13.9 Å². The highest BCUT2D eigenvalue weighted by Gasteiger charge is 2.57. The van der Waals surface area contributed by atoms with Crippen LogP contribution in [-0.4, -0.2) is 52.7 Å². The van der Waals surface area contributed by atoms with Crippen LogP contribution in [0.25, 0.3) is 22.2 Å². The molecule has 2 saturated heterocycles. The summed E-state index contributed by atoms with van der Waals surface area (Å²) in [4.78, 5) is 9.09. The van der Waals surface area contributed by atoms with Gasteiger partial charge in [0.1, 0.15) is 35.4 Å². The van der Waals surface area contributed by atoms with Crippen LogP contribution in [0.15, 0.2) is 104 Å². The maximum Gasteiger partial charge on any atom is 0.261 e. The molecule has 2 N–H and O–H groups in total. The molecule has 9 heteroatoms. The number of fused-ring (bicyclic) bond motifs is 2. The fourth-order valence-corrected chi connectivity index (χ4v) is 13.4. The first-order valence-corrected chi connectivity index (χ1v) is 18.4. The van der Waals surface area contributed by atoms with Crippen LogP contribution in [0.5, 0.6) is 0 Å². The topological polar surface area (TPSA) is 84.4 Å². The van der Waals surface area contributed by atoms with Gasteiger partial charge in [0.15, 0.2) is 5.79 Å². The number of aromatic nitrogens is 3. The normalized spacial score (nSPS) is 23.0. The Hall–Kier alpha value is -3.47. The van der Waals surface area contributed by atoms with Crippen LogP contribution >= 0.6 is 11.8 Å². The van der Waals surface area contributed by atoms with E-state index in [1.165, 1.54) is 10.4 Å². The molecule has 2 aliphatic rings. The van der Waals surface area contributed by atoms with E-state index in [0.717, 1.165) is 22.2 Å². The van der Waals surface area contributed by atoms with Crippen molar-refractivity contribution in [3.05, 3.63) is 104 Å². The largest absolute Gasteiger partial charge is 0.406 e. The van der Waals surface area contributed by atoms with Gasteiger partial charge in [-0.2, -0.15) is 0 Å². The zero-order valence-electron chi connectivity index (χ0n) is 26.4. The molecule has 0 bridgehead atoms. The molecule has 0 radical (unpaired) electrons. The Balaban J connectivity index is 1.29. The van der Waals surface area contributed by atoms with E-state index in [-0.39, 0.29) is 27.9 Å². The number of nitrogens with two attached hydrogens (primary N) is 1. The molecule has 0 aliphatic carbocycles. The van der Waals surface area contributed by atoms with Crippen LogP contribution in [0.1, 0.15) is 40.0 Å². The Labute approximate surface area is 270 Å². The van der Waals surface area contributed by atoms with Crippen molar-refractivity contribution in [2.75, 3.05) is 12.3 Å². The third-order valence-electron chi connectivity index (χ3n) is 9.00. The standard InChI is InChI=1S/C36H40N4O3SSi/c1-35(2,3)45(25-17-11-7-12-18-25,26-19-13-8-14-20-26)41-22-28-30-31(43-36(4,5)42-30)34(44-28)40-21-27(24-15-9-6-10-16-24)29-32(37)38-23-39-33(29)40/h6-21,23,28,30-31,34H,22H2,1-5H3,(H2,37,38,39)/t28-,30-,31-,34-/m1/s1. The van der Waals surface area contributed by atoms with E-state index >= 15 is 0 Å². The average molecular weight is 637 g/mol. The molecule has 232 valence electrons. The van der Waals surface area contributed by atoms with Gasteiger partial charge < -0.3 is 24.2 Å². The molecule has 0 amide bonds. The summed E-state index contributed by atoms with van der Waals surface area (Å²) in [5.41, 5.74) is 9.35. The molecule has 2 aromatic heterocycles. The molecule has 4 heterocycles. The van der Waals surface area contributed by atoms with Crippen molar-refractivity contribution in [2.45, 2.75) is 68.3 Å². The number of nitrogen functional groups attached to an aromatic ring is 1. The van der Waals surface area contributed by atoms with Crippen LogP contribution in [0, 0.1) is 0 Å². The van der Waals surface area contributed by atoms with Gasteiger partial charge in [-0.1, -0.05) is 112 Å². The zero-order chi connectivity index (χ0) is 31.4. The molecule has 7 rings (SSSR count). The second-order valence-corrected chi connectivity index (χ2v) is 19.0. The molecule has 7 nitrogen and oxygen atoms in total. The molecule has 0 saturated carbocycles. The highest BCUT2D eigenvalue weighted by atomic mass is 32.2. The SMILES string of the molecule is CC1(C)O[C@@H]2[C@H](O1)[C@@H](CO[Si](c1ccccc1)(c1ccccc1)C(C)(C)C)S[C@H]2n1cc(-c2ccccc2)c2c(N)ncnc21. The number of rotatable bonds is 7. The van der Waals surface area contributed by atoms with Gasteiger partial charge in [-0.15, -0.1) is 11.8 Å². The summed E-state index contributed by atoms with van der Waals surface area (Å²) in [6, 6.07) is 31.8. The smallest absolute Gasteiger partial charge is 0.261 e. The zero-order valence-corrected chi connectivity index (χ0v) is 28.2. The summed E-state index contributed by atoms with van der Waals surface area (Å²) in [6.45, 7) is 11.5. The molecule has 5 aromatic rings. The van der Waals surface area contributed by atoms with Gasteiger partial charge in [-0.3, -0.25) is 0 Å². The second-order valence-electron chi connectivity index (χ2n) is 13.4. The maximum atomic E-state index is 7.42. The summed E-state index contributed by atoms with van der Waals surface area (Å²) >= 11 is 1.84. The molecular formula is C36H40N4O3SSi. The third kappa shape index (κ3) is 5.20. The summed E-state index contributed by atoms with van der Waals surface area (Å²) in [6.07, 6.45) is 3.33. The molecule has 0 spiro atoms. The predicted octanol–water partition coefficient (Wildman–Crippen LogP) is 6.39. The molecule has 2 fully saturated rings. The van der Waals surface area contributed by atoms with E-state index in [1.807, 2.05) is 43.8 Å². The number of hydrogen-bond donors (Lipinski definition) is 1. The van der Waals surface area contributed by atoms with Crippen LogP contribution < -0.4 is 16.1 Å². The highest BCUT2D eigenvalue weighted by Crippen LogP contribution is 2.53. The molecule has 45 heavy (non-hydrogen) atoms. The first-order valence-electron chi connectivity index (χ1n) is 15.5.